The molecule has 2 heterocycles. The van der Waals surface area contributed by atoms with Gasteiger partial charge < -0.3 is 20.5 Å². The summed E-state index contributed by atoms with van der Waals surface area (Å²) in [6.07, 6.45) is -0.0437. The van der Waals surface area contributed by atoms with E-state index in [1.807, 2.05) is 0 Å². The fraction of sp³-hybridized carbons (Fsp3) is 0.619. The molecule has 0 bridgehead atoms. The van der Waals surface area contributed by atoms with E-state index in [2.05, 4.69) is 4.98 Å². The summed E-state index contributed by atoms with van der Waals surface area (Å²) in [6.45, 7) is 0.212. The molecule has 0 radical (unpaired) electrons. The third kappa shape index (κ3) is 3.01. The van der Waals surface area contributed by atoms with Crippen molar-refractivity contribution in [3.8, 4) is 5.75 Å². The van der Waals surface area contributed by atoms with E-state index >= 15 is 4.39 Å². The van der Waals surface area contributed by atoms with E-state index in [0.29, 0.717) is 19.3 Å². The first-order valence-corrected chi connectivity index (χ1v) is 10.8. The van der Waals surface area contributed by atoms with Crippen LogP contribution in [0.3, 0.4) is 0 Å². The van der Waals surface area contributed by atoms with Gasteiger partial charge in [0.15, 0.2) is 11.6 Å². The second-order valence-corrected chi connectivity index (χ2v) is 9.12. The van der Waals surface area contributed by atoms with Gasteiger partial charge in [-0.25, -0.2) is 18.0 Å². The molecule has 0 spiro atoms. The number of nitrogens with one attached hydrogen (secondary N) is 1. The SMILES string of the molecule is COc1c(N2CC3CCCC(F)(F)C(O)C3C2)c(F)c(N)c2c(=O)[nH]c(=O)n(C3CC3)c12. The second kappa shape index (κ2) is 7.16. The van der Waals surface area contributed by atoms with Crippen LogP contribution in [0.4, 0.5) is 24.5 Å². The molecule has 174 valence electrons. The maximum atomic E-state index is 15.6. The number of H-pyrrole nitrogens is 1. The van der Waals surface area contributed by atoms with Gasteiger partial charge in [0, 0.05) is 31.5 Å². The number of ether oxygens (including phenoxy) is 1. The Morgan fingerprint density at radius 1 is 1.22 bits per heavy atom. The Kier molecular flexibility index (Phi) is 4.74. The molecule has 1 aromatic heterocycles. The number of benzene rings is 1. The molecule has 0 amide bonds. The van der Waals surface area contributed by atoms with Gasteiger partial charge in [-0.3, -0.25) is 14.3 Å². The van der Waals surface area contributed by atoms with Gasteiger partial charge in [0.2, 0.25) is 0 Å². The number of aromatic nitrogens is 2. The lowest BCUT2D eigenvalue weighted by molar-refractivity contribution is -0.130. The molecule has 3 aliphatic rings. The molecule has 2 saturated carbocycles. The predicted octanol–water partition coefficient (Wildman–Crippen LogP) is 1.99. The van der Waals surface area contributed by atoms with Crippen LogP contribution in [0.15, 0.2) is 9.59 Å². The number of hydrogen-bond donors (Lipinski definition) is 3. The van der Waals surface area contributed by atoms with Crippen LogP contribution >= 0.6 is 0 Å². The highest BCUT2D eigenvalue weighted by Gasteiger charge is 2.51. The molecule has 1 saturated heterocycles. The molecule has 1 aromatic carbocycles. The van der Waals surface area contributed by atoms with Crippen molar-refractivity contribution in [2.75, 3.05) is 30.8 Å². The van der Waals surface area contributed by atoms with Crippen LogP contribution < -0.4 is 26.6 Å². The third-order valence-electron chi connectivity index (χ3n) is 7.14. The van der Waals surface area contributed by atoms with Crippen molar-refractivity contribution < 1.29 is 23.0 Å². The van der Waals surface area contributed by atoms with E-state index < -0.39 is 40.7 Å². The molecule has 2 aromatic rings. The lowest BCUT2D eigenvalue weighted by atomic mass is 9.89. The Morgan fingerprint density at radius 2 is 1.94 bits per heavy atom. The summed E-state index contributed by atoms with van der Waals surface area (Å²) in [5.41, 5.74) is 4.19. The lowest BCUT2D eigenvalue weighted by Gasteiger charge is -2.28. The Hall–Kier alpha value is -2.69. The fourth-order valence-electron chi connectivity index (χ4n) is 5.43. The Bertz CT molecular complexity index is 1210. The van der Waals surface area contributed by atoms with Crippen LogP contribution in [0.1, 0.15) is 38.1 Å². The average molecular weight is 454 g/mol. The number of methoxy groups -OCH3 is 1. The molecule has 3 atom stereocenters. The quantitative estimate of drug-likeness (QED) is 0.612. The number of aliphatic hydroxyl groups is 1. The number of rotatable bonds is 3. The average Bonchev–Trinajstić information content (AvgIpc) is 3.49. The summed E-state index contributed by atoms with van der Waals surface area (Å²) in [4.78, 5) is 28.8. The van der Waals surface area contributed by atoms with Crippen LogP contribution in [-0.4, -0.2) is 46.9 Å². The summed E-state index contributed by atoms with van der Waals surface area (Å²) in [6, 6.07) is -0.168. The molecule has 1 aliphatic heterocycles. The summed E-state index contributed by atoms with van der Waals surface area (Å²) in [5.74, 6) is -5.15. The van der Waals surface area contributed by atoms with Gasteiger partial charge in [0.1, 0.15) is 17.3 Å². The van der Waals surface area contributed by atoms with Gasteiger partial charge in [-0.1, -0.05) is 0 Å². The standard InChI is InChI=1S/C21H25F3N4O4/c1-32-17-15-12(19(30)26-20(31)28(15)10-4-5-10)14(25)13(22)16(17)27-7-9-3-2-6-21(23,24)18(29)11(9)8-27/h9-11,18,29H,2-8,25H2,1H3,(H,26,30,31). The number of nitrogen functional groups attached to an aromatic ring is 1. The highest BCUT2D eigenvalue weighted by atomic mass is 19.3. The molecular formula is C21H25F3N4O4. The fourth-order valence-corrected chi connectivity index (χ4v) is 5.43. The minimum Gasteiger partial charge on any atom is -0.492 e. The number of fused-ring (bicyclic) bond motifs is 2. The Labute approximate surface area is 180 Å². The minimum atomic E-state index is -3.21. The smallest absolute Gasteiger partial charge is 0.329 e. The van der Waals surface area contributed by atoms with Crippen molar-refractivity contribution >= 4 is 22.3 Å². The van der Waals surface area contributed by atoms with Gasteiger partial charge in [0.25, 0.3) is 11.5 Å². The Balaban J connectivity index is 1.70. The molecule has 3 unspecified atom stereocenters. The van der Waals surface area contributed by atoms with Crippen LogP contribution in [0.25, 0.3) is 10.9 Å². The molecule has 3 fully saturated rings. The maximum absolute atomic E-state index is 15.6. The van der Waals surface area contributed by atoms with Crippen molar-refractivity contribution in [1.29, 1.82) is 0 Å². The van der Waals surface area contributed by atoms with E-state index in [-0.39, 0.29) is 60.2 Å². The molecule has 11 heteroatoms. The summed E-state index contributed by atoms with van der Waals surface area (Å²) in [5, 5.41) is 10.2. The van der Waals surface area contributed by atoms with Gasteiger partial charge in [0.05, 0.1) is 18.2 Å². The number of aliphatic hydroxyl groups excluding tert-OH is 1. The van der Waals surface area contributed by atoms with E-state index in [1.54, 1.807) is 4.90 Å². The number of halogens is 3. The van der Waals surface area contributed by atoms with Crippen LogP contribution in [0.2, 0.25) is 0 Å². The van der Waals surface area contributed by atoms with Gasteiger partial charge >= 0.3 is 5.69 Å². The van der Waals surface area contributed by atoms with Gasteiger partial charge in [-0.05, 0) is 31.6 Å². The summed E-state index contributed by atoms with van der Waals surface area (Å²) >= 11 is 0. The summed E-state index contributed by atoms with van der Waals surface area (Å²) in [7, 11) is 1.30. The van der Waals surface area contributed by atoms with Gasteiger partial charge in [-0.15, -0.1) is 0 Å². The first-order valence-electron chi connectivity index (χ1n) is 10.8. The molecule has 5 rings (SSSR count). The van der Waals surface area contributed by atoms with Crippen molar-refractivity contribution in [2.24, 2.45) is 11.8 Å². The van der Waals surface area contributed by atoms with Crippen molar-refractivity contribution in [2.45, 2.75) is 50.2 Å². The van der Waals surface area contributed by atoms with Crippen molar-refractivity contribution in [3.05, 3.63) is 26.7 Å². The monoisotopic (exact) mass is 454 g/mol. The van der Waals surface area contributed by atoms with E-state index in [0.717, 1.165) is 0 Å². The number of alkyl halides is 2. The van der Waals surface area contributed by atoms with Crippen LogP contribution in [0, 0.1) is 17.7 Å². The first kappa shape index (κ1) is 21.2. The zero-order valence-corrected chi connectivity index (χ0v) is 17.5. The van der Waals surface area contributed by atoms with Gasteiger partial charge in [-0.2, -0.15) is 0 Å². The minimum absolute atomic E-state index is 0.0174. The second-order valence-electron chi connectivity index (χ2n) is 9.12. The van der Waals surface area contributed by atoms with Crippen LogP contribution in [0.5, 0.6) is 5.75 Å². The molecule has 4 N–H and O–H groups in total. The Morgan fingerprint density at radius 3 is 2.59 bits per heavy atom. The number of anilines is 2. The predicted molar refractivity (Wildman–Crippen MR) is 112 cm³/mol. The van der Waals surface area contributed by atoms with E-state index in [9.17, 15) is 23.5 Å². The highest BCUT2D eigenvalue weighted by molar-refractivity contribution is 5.99. The zero-order valence-electron chi connectivity index (χ0n) is 17.5. The zero-order chi connectivity index (χ0) is 22.9. The van der Waals surface area contributed by atoms with Crippen molar-refractivity contribution in [3.63, 3.8) is 0 Å². The first-order chi connectivity index (χ1) is 15.2. The highest BCUT2D eigenvalue weighted by Crippen LogP contribution is 2.49. The third-order valence-corrected chi connectivity index (χ3v) is 7.14. The number of aromatic amines is 1. The number of nitrogens with two attached hydrogens (primary N) is 1. The normalized spacial score (nSPS) is 27.4. The maximum Gasteiger partial charge on any atom is 0.329 e. The number of nitrogens with zero attached hydrogens (tertiary/aromatic N) is 2. The lowest BCUT2D eigenvalue weighted by Crippen LogP contribution is -2.41. The molecule has 8 nitrogen and oxygen atoms in total. The number of hydrogen-bond acceptors (Lipinski definition) is 6. The summed E-state index contributed by atoms with van der Waals surface area (Å²) < 4.78 is 51.1. The van der Waals surface area contributed by atoms with Crippen LogP contribution in [-0.2, 0) is 0 Å². The topological polar surface area (TPSA) is 114 Å². The van der Waals surface area contributed by atoms with Crippen molar-refractivity contribution in [1.82, 2.24) is 9.55 Å². The molecule has 32 heavy (non-hydrogen) atoms. The van der Waals surface area contributed by atoms with E-state index in [4.69, 9.17) is 10.5 Å². The molecule has 2 aliphatic carbocycles. The van der Waals surface area contributed by atoms with E-state index in [1.165, 1.54) is 11.7 Å². The molecular weight excluding hydrogens is 429 g/mol. The largest absolute Gasteiger partial charge is 0.492 e.